The van der Waals surface area contributed by atoms with Gasteiger partial charge in [-0.15, -0.1) is 12.4 Å². The lowest BCUT2D eigenvalue weighted by atomic mass is 9.91. The summed E-state index contributed by atoms with van der Waals surface area (Å²) in [6.07, 6.45) is 7.56. The van der Waals surface area contributed by atoms with Gasteiger partial charge in [-0.05, 0) is 43.2 Å². The van der Waals surface area contributed by atoms with Crippen LogP contribution in [-0.2, 0) is 14.1 Å². The standard InChI is InChI=1S/C24H27ClN8O.ClH/c1-32-13-16(25)15-11-14(7-8-21(15)32)28-24-27-10-9-19(30-24)20-12-22(33(2)31-20)23(34)29-18-6-4-3-5-17(18)26;/h7-13,17-18H,3-6,26H2,1-2H3,(H,29,34)(H,27,28,30);1H/t17-,18+;/m1./s1. The molecule has 1 aliphatic carbocycles. The van der Waals surface area contributed by atoms with Gasteiger partial charge in [0.25, 0.3) is 5.91 Å². The Morgan fingerprint density at radius 2 is 1.94 bits per heavy atom. The first-order valence-electron chi connectivity index (χ1n) is 11.3. The van der Waals surface area contributed by atoms with Crippen LogP contribution in [0.4, 0.5) is 11.6 Å². The number of nitrogens with one attached hydrogen (secondary N) is 2. The number of benzene rings is 1. The summed E-state index contributed by atoms with van der Waals surface area (Å²) in [5.74, 6) is 0.248. The van der Waals surface area contributed by atoms with Gasteiger partial charge in [-0.2, -0.15) is 5.10 Å². The van der Waals surface area contributed by atoms with Gasteiger partial charge in [-0.25, -0.2) is 9.97 Å². The number of amides is 1. The molecule has 35 heavy (non-hydrogen) atoms. The van der Waals surface area contributed by atoms with Crippen LogP contribution < -0.4 is 16.4 Å². The molecule has 0 radical (unpaired) electrons. The molecule has 0 saturated heterocycles. The molecule has 4 aromatic rings. The Balaban J connectivity index is 0.00000289. The lowest BCUT2D eigenvalue weighted by molar-refractivity contribution is 0.0911. The average Bonchev–Trinajstić information content (AvgIpc) is 3.35. The molecule has 1 aliphatic rings. The molecule has 0 spiro atoms. The molecule has 0 unspecified atom stereocenters. The van der Waals surface area contributed by atoms with Crippen LogP contribution in [0.15, 0.2) is 42.7 Å². The maximum Gasteiger partial charge on any atom is 0.269 e. The van der Waals surface area contributed by atoms with Crippen LogP contribution in [0.1, 0.15) is 36.2 Å². The van der Waals surface area contributed by atoms with Gasteiger partial charge in [0, 0.05) is 55.2 Å². The molecule has 1 amide bonds. The van der Waals surface area contributed by atoms with Gasteiger partial charge in [-0.3, -0.25) is 9.48 Å². The van der Waals surface area contributed by atoms with Gasteiger partial charge < -0.3 is 20.9 Å². The zero-order chi connectivity index (χ0) is 23.8. The number of hydrogen-bond donors (Lipinski definition) is 3. The molecule has 1 aromatic carbocycles. The Bertz CT molecular complexity index is 1370. The number of aromatic nitrogens is 5. The predicted molar refractivity (Wildman–Crippen MR) is 140 cm³/mol. The van der Waals surface area contributed by atoms with Crippen LogP contribution in [0.25, 0.3) is 22.3 Å². The Labute approximate surface area is 214 Å². The summed E-state index contributed by atoms with van der Waals surface area (Å²) >= 11 is 6.34. The van der Waals surface area contributed by atoms with Crippen molar-refractivity contribution in [3.05, 3.63) is 53.4 Å². The highest BCUT2D eigenvalue weighted by atomic mass is 35.5. The number of rotatable bonds is 5. The normalized spacial score (nSPS) is 17.7. The van der Waals surface area contributed by atoms with E-state index in [4.69, 9.17) is 17.3 Å². The second kappa shape index (κ2) is 10.2. The van der Waals surface area contributed by atoms with Crippen molar-refractivity contribution in [1.29, 1.82) is 0 Å². The van der Waals surface area contributed by atoms with Crippen molar-refractivity contribution in [2.45, 2.75) is 37.8 Å². The number of hydrogen-bond acceptors (Lipinski definition) is 6. The first kappa shape index (κ1) is 25.0. The van der Waals surface area contributed by atoms with E-state index in [1.807, 2.05) is 36.0 Å². The first-order chi connectivity index (χ1) is 16.4. The molecular weight excluding hydrogens is 487 g/mol. The smallest absolute Gasteiger partial charge is 0.269 e. The minimum Gasteiger partial charge on any atom is -0.349 e. The second-order valence-corrected chi connectivity index (χ2v) is 9.18. The third-order valence-electron chi connectivity index (χ3n) is 6.36. The first-order valence-corrected chi connectivity index (χ1v) is 11.7. The van der Waals surface area contributed by atoms with E-state index in [1.165, 1.54) is 0 Å². The molecule has 0 aliphatic heterocycles. The van der Waals surface area contributed by atoms with E-state index in [1.54, 1.807) is 30.1 Å². The minimum atomic E-state index is -0.177. The third kappa shape index (κ3) is 5.12. The number of carbonyl (C=O) groups is 1. The molecule has 11 heteroatoms. The summed E-state index contributed by atoms with van der Waals surface area (Å²) in [4.78, 5) is 21.8. The van der Waals surface area contributed by atoms with Gasteiger partial charge in [0.2, 0.25) is 5.95 Å². The summed E-state index contributed by atoms with van der Waals surface area (Å²) in [5.41, 5.74) is 9.72. The molecule has 4 N–H and O–H groups in total. The number of halogens is 2. The van der Waals surface area contributed by atoms with Crippen LogP contribution in [0.2, 0.25) is 5.02 Å². The van der Waals surface area contributed by atoms with Crippen molar-refractivity contribution in [2.24, 2.45) is 19.8 Å². The number of aryl methyl sites for hydroxylation is 2. The molecule has 1 saturated carbocycles. The SMILES string of the molecule is Cl.Cn1nc(-c2ccnc(Nc3ccc4c(c3)c(Cl)cn4C)n2)cc1C(=O)N[C@H]1CCCC[C@H]1N. The highest BCUT2D eigenvalue weighted by Gasteiger charge is 2.25. The van der Waals surface area contributed by atoms with Crippen molar-refractivity contribution < 1.29 is 4.79 Å². The number of carbonyl (C=O) groups excluding carboxylic acids is 1. The molecule has 3 heterocycles. The van der Waals surface area contributed by atoms with Crippen molar-refractivity contribution in [3.8, 4) is 11.4 Å². The van der Waals surface area contributed by atoms with E-state index in [0.717, 1.165) is 42.3 Å². The quantitative estimate of drug-likeness (QED) is 0.367. The van der Waals surface area contributed by atoms with Gasteiger partial charge in [0.15, 0.2) is 0 Å². The molecule has 9 nitrogen and oxygen atoms in total. The molecule has 0 bridgehead atoms. The van der Waals surface area contributed by atoms with Crippen molar-refractivity contribution in [2.75, 3.05) is 5.32 Å². The Morgan fingerprint density at radius 1 is 1.14 bits per heavy atom. The topological polar surface area (TPSA) is 116 Å². The van der Waals surface area contributed by atoms with E-state index < -0.39 is 0 Å². The van der Waals surface area contributed by atoms with Crippen molar-refractivity contribution in [3.63, 3.8) is 0 Å². The summed E-state index contributed by atoms with van der Waals surface area (Å²) in [6, 6.07) is 9.40. The van der Waals surface area contributed by atoms with Crippen LogP contribution in [0.3, 0.4) is 0 Å². The monoisotopic (exact) mass is 514 g/mol. The summed E-state index contributed by atoms with van der Waals surface area (Å²) < 4.78 is 3.55. The fraction of sp³-hybridized carbons (Fsp3) is 0.333. The largest absolute Gasteiger partial charge is 0.349 e. The van der Waals surface area contributed by atoms with Crippen LogP contribution in [-0.4, -0.2) is 42.3 Å². The number of nitrogens with two attached hydrogens (primary N) is 1. The lowest BCUT2D eigenvalue weighted by Gasteiger charge is -2.29. The molecule has 184 valence electrons. The van der Waals surface area contributed by atoms with Crippen molar-refractivity contribution in [1.82, 2.24) is 29.6 Å². The number of nitrogens with zero attached hydrogens (tertiary/aromatic N) is 5. The highest BCUT2D eigenvalue weighted by molar-refractivity contribution is 6.35. The number of fused-ring (bicyclic) bond motifs is 1. The molecule has 3 aromatic heterocycles. The Morgan fingerprint density at radius 3 is 2.74 bits per heavy atom. The fourth-order valence-corrected chi connectivity index (χ4v) is 4.80. The van der Waals surface area contributed by atoms with Gasteiger partial charge >= 0.3 is 0 Å². The predicted octanol–water partition coefficient (Wildman–Crippen LogP) is 4.19. The Hall–Kier alpha value is -3.14. The maximum atomic E-state index is 12.9. The summed E-state index contributed by atoms with van der Waals surface area (Å²) in [5, 5.41) is 12.4. The molecular formula is C24H28Cl2N8O. The van der Waals surface area contributed by atoms with Gasteiger partial charge in [-0.1, -0.05) is 24.4 Å². The molecule has 5 rings (SSSR count). The van der Waals surface area contributed by atoms with E-state index in [-0.39, 0.29) is 30.4 Å². The number of anilines is 2. The second-order valence-electron chi connectivity index (χ2n) is 8.78. The maximum absolute atomic E-state index is 12.9. The third-order valence-corrected chi connectivity index (χ3v) is 6.66. The summed E-state index contributed by atoms with van der Waals surface area (Å²) in [6.45, 7) is 0. The van der Waals surface area contributed by atoms with Gasteiger partial charge in [0.1, 0.15) is 11.4 Å². The zero-order valence-corrected chi connectivity index (χ0v) is 21.1. The Kier molecular flexibility index (Phi) is 7.30. The highest BCUT2D eigenvalue weighted by Crippen LogP contribution is 2.29. The van der Waals surface area contributed by atoms with Crippen LogP contribution in [0.5, 0.6) is 0 Å². The molecule has 1 fully saturated rings. The van der Waals surface area contributed by atoms with E-state index in [9.17, 15) is 4.79 Å². The fourth-order valence-electron chi connectivity index (χ4n) is 4.50. The lowest BCUT2D eigenvalue weighted by Crippen LogP contribution is -2.49. The van der Waals surface area contributed by atoms with Crippen LogP contribution in [0, 0.1) is 0 Å². The van der Waals surface area contributed by atoms with Crippen LogP contribution >= 0.6 is 24.0 Å². The zero-order valence-electron chi connectivity index (χ0n) is 19.5. The summed E-state index contributed by atoms with van der Waals surface area (Å²) in [7, 11) is 3.71. The average molecular weight is 515 g/mol. The van der Waals surface area contributed by atoms with Crippen molar-refractivity contribution >= 4 is 52.5 Å². The van der Waals surface area contributed by atoms with E-state index in [0.29, 0.717) is 28.1 Å². The van der Waals surface area contributed by atoms with Gasteiger partial charge in [0.05, 0.1) is 10.7 Å². The minimum absolute atomic E-state index is 0. The van der Waals surface area contributed by atoms with E-state index in [2.05, 4.69) is 25.7 Å². The molecule has 2 atom stereocenters. The van der Waals surface area contributed by atoms with E-state index >= 15 is 0 Å².